The predicted octanol–water partition coefficient (Wildman–Crippen LogP) is 3.62. The second-order valence-electron chi connectivity index (χ2n) is 7.07. The minimum absolute atomic E-state index is 0.0872. The van der Waals surface area contributed by atoms with E-state index in [0.717, 1.165) is 36.3 Å². The molecule has 0 unspecified atom stereocenters. The van der Waals surface area contributed by atoms with Gasteiger partial charge in [-0.3, -0.25) is 4.21 Å². The Bertz CT molecular complexity index is 717. The average molecular weight is 389 g/mol. The first-order valence-corrected chi connectivity index (χ1v) is 10.9. The summed E-state index contributed by atoms with van der Waals surface area (Å²) >= 11 is 0. The summed E-state index contributed by atoms with van der Waals surface area (Å²) < 4.78 is 23.6. The highest BCUT2D eigenvalue weighted by molar-refractivity contribution is 7.85. The van der Waals surface area contributed by atoms with E-state index >= 15 is 0 Å². The first-order chi connectivity index (χ1) is 13.1. The lowest BCUT2D eigenvalue weighted by Crippen LogP contribution is -2.24. The Kier molecular flexibility index (Phi) is 7.59. The summed E-state index contributed by atoms with van der Waals surface area (Å²) in [6.45, 7) is 3.37. The van der Waals surface area contributed by atoms with E-state index in [0.29, 0.717) is 6.61 Å². The van der Waals surface area contributed by atoms with Crippen LogP contribution in [0, 0.1) is 6.92 Å². The lowest BCUT2D eigenvalue weighted by molar-refractivity contribution is 0.116. The van der Waals surface area contributed by atoms with Gasteiger partial charge in [0.2, 0.25) is 0 Å². The maximum absolute atomic E-state index is 12.3. The highest BCUT2D eigenvalue weighted by Gasteiger charge is 2.44. The molecule has 0 bridgehead atoms. The molecular weight excluding hydrogens is 360 g/mol. The van der Waals surface area contributed by atoms with Crippen molar-refractivity contribution in [1.82, 2.24) is 0 Å². The summed E-state index contributed by atoms with van der Waals surface area (Å²) in [5, 5.41) is 10.3. The van der Waals surface area contributed by atoms with Gasteiger partial charge in [-0.15, -0.1) is 0 Å². The summed E-state index contributed by atoms with van der Waals surface area (Å²) in [5.74, 6) is 0.227. The number of ether oxygens (including phenoxy) is 2. The molecule has 2 aromatic rings. The zero-order valence-electron chi connectivity index (χ0n) is 15.8. The second kappa shape index (κ2) is 10.1. The number of rotatable bonds is 11. The second-order valence-corrected chi connectivity index (χ2v) is 8.56. The van der Waals surface area contributed by atoms with Crippen LogP contribution < -0.4 is 0 Å². The van der Waals surface area contributed by atoms with Crippen molar-refractivity contribution in [3.8, 4) is 0 Å². The Morgan fingerprint density at radius 3 is 2.59 bits per heavy atom. The molecule has 0 radical (unpaired) electrons. The number of aliphatic hydroxyl groups is 1. The lowest BCUT2D eigenvalue weighted by atomic mass is 10.1. The molecule has 1 heterocycles. The van der Waals surface area contributed by atoms with Gasteiger partial charge in [0.25, 0.3) is 0 Å². The quantitative estimate of drug-likeness (QED) is 0.472. The molecule has 0 aromatic heterocycles. The third-order valence-electron chi connectivity index (χ3n) is 4.75. The first kappa shape index (κ1) is 20.2. The van der Waals surface area contributed by atoms with Crippen LogP contribution in [0.3, 0.4) is 0 Å². The highest BCUT2D eigenvalue weighted by Crippen LogP contribution is 2.30. The van der Waals surface area contributed by atoms with Gasteiger partial charge in [-0.2, -0.15) is 0 Å². The third-order valence-corrected chi connectivity index (χ3v) is 6.19. The van der Waals surface area contributed by atoms with E-state index in [1.165, 1.54) is 5.56 Å². The molecule has 4 nitrogen and oxygen atoms in total. The zero-order valence-corrected chi connectivity index (χ0v) is 16.6. The average Bonchev–Trinajstić information content (AvgIpc) is 3.45. The minimum Gasteiger partial charge on any atom is -0.389 e. The van der Waals surface area contributed by atoms with Crippen molar-refractivity contribution >= 4 is 10.8 Å². The summed E-state index contributed by atoms with van der Waals surface area (Å²) in [7, 11) is -1.20. The van der Waals surface area contributed by atoms with Gasteiger partial charge in [0.05, 0.1) is 35.4 Å². The fraction of sp³-hybridized carbons (Fsp3) is 0.455. The van der Waals surface area contributed by atoms with Crippen molar-refractivity contribution < 1.29 is 18.8 Å². The van der Waals surface area contributed by atoms with Crippen LogP contribution in [0.2, 0.25) is 0 Å². The van der Waals surface area contributed by atoms with E-state index in [1.54, 1.807) is 0 Å². The van der Waals surface area contributed by atoms with Crippen LogP contribution in [0.15, 0.2) is 59.5 Å². The molecule has 1 aliphatic rings. The van der Waals surface area contributed by atoms with E-state index in [1.807, 2.05) is 49.4 Å². The Labute approximate surface area is 164 Å². The Hall–Kier alpha value is -1.53. The van der Waals surface area contributed by atoms with Crippen LogP contribution in [0.1, 0.15) is 30.4 Å². The van der Waals surface area contributed by atoms with E-state index in [4.69, 9.17) is 9.47 Å². The molecule has 5 heteroatoms. The number of aryl methyl sites for hydroxylation is 1. The van der Waals surface area contributed by atoms with Crippen LogP contribution in [0.25, 0.3) is 0 Å². The molecule has 1 saturated heterocycles. The number of epoxide rings is 1. The highest BCUT2D eigenvalue weighted by atomic mass is 32.2. The van der Waals surface area contributed by atoms with Crippen molar-refractivity contribution in [2.75, 3.05) is 12.4 Å². The molecule has 1 fully saturated rings. The number of hydrogen-bond donors (Lipinski definition) is 1. The molecule has 2 aromatic carbocycles. The van der Waals surface area contributed by atoms with Gasteiger partial charge in [-0.05, 0) is 43.9 Å². The maximum Gasteiger partial charge on any atom is 0.111 e. The molecule has 0 spiro atoms. The molecular formula is C22H28O4S. The molecule has 1 aliphatic heterocycles. The van der Waals surface area contributed by atoms with Gasteiger partial charge in [-0.1, -0.05) is 48.0 Å². The van der Waals surface area contributed by atoms with Gasteiger partial charge in [0.1, 0.15) is 6.10 Å². The molecule has 27 heavy (non-hydrogen) atoms. The maximum atomic E-state index is 12.3. The van der Waals surface area contributed by atoms with E-state index in [9.17, 15) is 9.32 Å². The number of hydrogen-bond acceptors (Lipinski definition) is 4. The Morgan fingerprint density at radius 1 is 1.11 bits per heavy atom. The fourth-order valence-electron chi connectivity index (χ4n) is 3.08. The summed E-state index contributed by atoms with van der Waals surface area (Å²) in [6, 6.07) is 17.7. The van der Waals surface area contributed by atoms with E-state index < -0.39 is 16.9 Å². The van der Waals surface area contributed by atoms with Gasteiger partial charge in [-0.25, -0.2) is 0 Å². The van der Waals surface area contributed by atoms with Gasteiger partial charge in [0, 0.05) is 11.5 Å². The number of unbranched alkanes of at least 4 members (excludes halogenated alkanes) is 1. The molecule has 4 atom stereocenters. The zero-order chi connectivity index (χ0) is 19.1. The Morgan fingerprint density at radius 2 is 1.85 bits per heavy atom. The number of benzene rings is 2. The third kappa shape index (κ3) is 6.54. The number of aliphatic hydroxyl groups excluding tert-OH is 1. The molecule has 146 valence electrons. The normalized spacial score (nSPS) is 21.0. The van der Waals surface area contributed by atoms with Crippen molar-refractivity contribution in [3.05, 3.63) is 65.7 Å². The monoisotopic (exact) mass is 388 g/mol. The van der Waals surface area contributed by atoms with Gasteiger partial charge < -0.3 is 14.6 Å². The van der Waals surface area contributed by atoms with Crippen LogP contribution in [0.4, 0.5) is 0 Å². The van der Waals surface area contributed by atoms with Crippen LogP contribution in [-0.4, -0.2) is 40.0 Å². The SMILES string of the molecule is Cc1ccc([S@](=O)C[C@H](O)[C@H]2O[C@@H]2CCCCOCc2ccccc2)cc1. The van der Waals surface area contributed by atoms with E-state index in [-0.39, 0.29) is 18.0 Å². The fourth-order valence-corrected chi connectivity index (χ4v) is 4.21. The van der Waals surface area contributed by atoms with Crippen molar-refractivity contribution in [2.24, 2.45) is 0 Å². The summed E-state index contributed by atoms with van der Waals surface area (Å²) in [5.41, 5.74) is 2.32. The largest absolute Gasteiger partial charge is 0.389 e. The molecule has 0 amide bonds. The summed E-state index contributed by atoms with van der Waals surface area (Å²) in [6.07, 6.45) is 2.13. The molecule has 3 rings (SSSR count). The molecule has 1 N–H and O–H groups in total. The first-order valence-electron chi connectivity index (χ1n) is 9.54. The van der Waals surface area contributed by atoms with Crippen LogP contribution in [0.5, 0.6) is 0 Å². The molecule has 0 aliphatic carbocycles. The van der Waals surface area contributed by atoms with E-state index in [2.05, 4.69) is 12.1 Å². The topological polar surface area (TPSA) is 59.1 Å². The van der Waals surface area contributed by atoms with Crippen molar-refractivity contribution in [1.29, 1.82) is 0 Å². The smallest absolute Gasteiger partial charge is 0.111 e. The van der Waals surface area contributed by atoms with Gasteiger partial charge in [0.15, 0.2) is 0 Å². The minimum atomic E-state index is -1.20. The Balaban J connectivity index is 1.27. The predicted molar refractivity (Wildman–Crippen MR) is 107 cm³/mol. The molecule has 0 saturated carbocycles. The van der Waals surface area contributed by atoms with Crippen LogP contribution >= 0.6 is 0 Å². The van der Waals surface area contributed by atoms with Gasteiger partial charge >= 0.3 is 0 Å². The van der Waals surface area contributed by atoms with Crippen molar-refractivity contribution in [2.45, 2.75) is 56.0 Å². The lowest BCUT2D eigenvalue weighted by Gasteiger charge is -2.08. The van der Waals surface area contributed by atoms with Crippen molar-refractivity contribution in [3.63, 3.8) is 0 Å². The van der Waals surface area contributed by atoms with Crippen LogP contribution in [-0.2, 0) is 26.9 Å². The standard InChI is InChI=1S/C22H28O4S/c1-17-10-12-19(13-11-17)27(24)16-20(23)22-21(26-22)9-5-6-14-25-15-18-7-3-2-4-8-18/h2-4,7-8,10-13,20-23H,5-6,9,14-16H2,1H3/t20-,21+,22+,27+/m0/s1. The summed E-state index contributed by atoms with van der Waals surface area (Å²) in [4.78, 5) is 0.757.